The molecule has 0 aliphatic rings. The number of unbranched alkanes of at least 4 members (excludes halogenated alkanes) is 5. The molecule has 0 fully saturated rings. The molecule has 1 unspecified atom stereocenters. The van der Waals surface area contributed by atoms with E-state index < -0.39 is 0 Å². The second-order valence-electron chi connectivity index (χ2n) is 9.38. The first kappa shape index (κ1) is 24.7. The van der Waals surface area contributed by atoms with E-state index in [0.717, 1.165) is 29.6 Å². The van der Waals surface area contributed by atoms with Gasteiger partial charge in [-0.3, -0.25) is 4.79 Å². The van der Waals surface area contributed by atoms with Crippen molar-refractivity contribution in [3.8, 4) is 0 Å². The molecule has 1 atom stereocenters. The van der Waals surface area contributed by atoms with Crippen molar-refractivity contribution in [1.29, 1.82) is 0 Å². The summed E-state index contributed by atoms with van der Waals surface area (Å²) in [4.78, 5) is 12.4. The number of carbonyl (C=O) groups excluding carboxylic acids is 1. The van der Waals surface area contributed by atoms with Gasteiger partial charge in [0.2, 0.25) is 0 Å². The van der Waals surface area contributed by atoms with Gasteiger partial charge in [-0.15, -0.1) is 0 Å². The van der Waals surface area contributed by atoms with E-state index in [-0.39, 0.29) is 11.9 Å². The predicted molar refractivity (Wildman–Crippen MR) is 120 cm³/mol. The van der Waals surface area contributed by atoms with Crippen LogP contribution in [0.2, 0.25) is 0 Å². The highest BCUT2D eigenvalue weighted by Gasteiger charge is 2.19. The van der Waals surface area contributed by atoms with Crippen LogP contribution < -0.4 is 0 Å². The van der Waals surface area contributed by atoms with Gasteiger partial charge < -0.3 is 9.22 Å². The Kier molecular flexibility index (Phi) is 11.4. The van der Waals surface area contributed by atoms with E-state index >= 15 is 0 Å². The van der Waals surface area contributed by atoms with Crippen molar-refractivity contribution in [3.63, 3.8) is 0 Å². The quantitative estimate of drug-likeness (QED) is 0.222. The number of likely N-dealkylation sites (N-methyl/N-ethyl adjacent to an activating group) is 1. The van der Waals surface area contributed by atoms with Crippen molar-refractivity contribution in [2.75, 3.05) is 33.8 Å². The van der Waals surface area contributed by atoms with Crippen molar-refractivity contribution in [3.05, 3.63) is 35.4 Å². The first-order chi connectivity index (χ1) is 13.2. The predicted octanol–water partition coefficient (Wildman–Crippen LogP) is 5.97. The van der Waals surface area contributed by atoms with E-state index in [0.29, 0.717) is 12.5 Å². The summed E-state index contributed by atoms with van der Waals surface area (Å²) in [5.41, 5.74) is 2.37. The standard InChI is InChI=1S/C25H44NO2/c1-7-8-9-10-11-12-17-26(5,6)18-19-28-25(27)22(4)24-15-13-23(14-16-24)20-21(2)3/h13-16,21-22H,7-12,17-20H2,1-6H3/q+1. The van der Waals surface area contributed by atoms with E-state index in [1.165, 1.54) is 44.1 Å². The van der Waals surface area contributed by atoms with Crippen molar-refractivity contribution in [1.82, 2.24) is 0 Å². The monoisotopic (exact) mass is 390 g/mol. The third-order valence-electron chi connectivity index (χ3n) is 5.54. The normalized spacial score (nSPS) is 13.0. The summed E-state index contributed by atoms with van der Waals surface area (Å²) >= 11 is 0. The fourth-order valence-corrected chi connectivity index (χ4v) is 3.50. The molecule has 0 spiro atoms. The fraction of sp³-hybridized carbons (Fsp3) is 0.720. The minimum Gasteiger partial charge on any atom is -0.459 e. The number of esters is 1. The number of benzene rings is 1. The van der Waals surface area contributed by atoms with Crippen LogP contribution in [0, 0.1) is 5.92 Å². The highest BCUT2D eigenvalue weighted by Crippen LogP contribution is 2.19. The Morgan fingerprint density at radius 2 is 1.54 bits per heavy atom. The average Bonchev–Trinajstić information content (AvgIpc) is 2.64. The number of hydrogen-bond donors (Lipinski definition) is 0. The van der Waals surface area contributed by atoms with Crippen molar-refractivity contribution in [2.45, 2.75) is 78.6 Å². The Morgan fingerprint density at radius 1 is 0.929 bits per heavy atom. The maximum atomic E-state index is 12.4. The van der Waals surface area contributed by atoms with Crippen molar-refractivity contribution >= 4 is 5.97 Å². The summed E-state index contributed by atoms with van der Waals surface area (Å²) in [7, 11) is 4.47. The summed E-state index contributed by atoms with van der Waals surface area (Å²) in [5, 5.41) is 0. The Balaban J connectivity index is 2.32. The molecule has 3 nitrogen and oxygen atoms in total. The SMILES string of the molecule is CCCCCCCC[N+](C)(C)CCOC(=O)C(C)c1ccc(CC(C)C)cc1. The Bertz CT molecular complexity index is 548. The summed E-state index contributed by atoms with van der Waals surface area (Å²) in [6, 6.07) is 8.42. The minimum atomic E-state index is -0.206. The maximum absolute atomic E-state index is 12.4. The van der Waals surface area contributed by atoms with E-state index in [1.54, 1.807) is 0 Å². The zero-order chi connectivity index (χ0) is 21.0. The van der Waals surface area contributed by atoms with Gasteiger partial charge >= 0.3 is 5.97 Å². The molecule has 3 heteroatoms. The van der Waals surface area contributed by atoms with Crippen molar-refractivity contribution < 1.29 is 14.0 Å². The fourth-order valence-electron chi connectivity index (χ4n) is 3.50. The molecule has 0 aliphatic carbocycles. The van der Waals surface area contributed by atoms with Crippen LogP contribution in [-0.2, 0) is 16.0 Å². The lowest BCUT2D eigenvalue weighted by Crippen LogP contribution is -2.43. The number of carbonyl (C=O) groups is 1. The molecule has 0 radical (unpaired) electrons. The highest BCUT2D eigenvalue weighted by atomic mass is 16.5. The molecule has 160 valence electrons. The van der Waals surface area contributed by atoms with Crippen LogP contribution in [-0.4, -0.2) is 44.2 Å². The molecule has 0 heterocycles. The molecule has 0 saturated heterocycles. The van der Waals surface area contributed by atoms with Crippen LogP contribution in [0.5, 0.6) is 0 Å². The smallest absolute Gasteiger partial charge is 0.313 e. The summed E-state index contributed by atoms with van der Waals surface area (Å²) in [6.07, 6.45) is 8.99. The number of hydrogen-bond acceptors (Lipinski definition) is 2. The van der Waals surface area contributed by atoms with Crippen LogP contribution in [0.3, 0.4) is 0 Å². The zero-order valence-corrected chi connectivity index (χ0v) is 19.3. The third kappa shape index (κ3) is 10.3. The van der Waals surface area contributed by atoms with Gasteiger partial charge in [0.05, 0.1) is 26.6 Å². The van der Waals surface area contributed by atoms with Crippen LogP contribution in [0.15, 0.2) is 24.3 Å². The first-order valence-electron chi connectivity index (χ1n) is 11.3. The van der Waals surface area contributed by atoms with Gasteiger partial charge in [0.15, 0.2) is 0 Å². The molecule has 28 heavy (non-hydrogen) atoms. The lowest BCUT2D eigenvalue weighted by Gasteiger charge is -2.29. The molecule has 0 amide bonds. The minimum absolute atomic E-state index is 0.115. The van der Waals surface area contributed by atoms with Gasteiger partial charge in [-0.1, -0.05) is 70.7 Å². The Labute approximate surface area is 174 Å². The number of quaternary nitrogens is 1. The van der Waals surface area contributed by atoms with Crippen molar-refractivity contribution in [2.24, 2.45) is 5.92 Å². The molecule has 1 rings (SSSR count). The maximum Gasteiger partial charge on any atom is 0.313 e. The van der Waals surface area contributed by atoms with Gasteiger partial charge in [-0.05, 0) is 43.2 Å². The number of rotatable bonds is 14. The van der Waals surface area contributed by atoms with Gasteiger partial charge in [0.1, 0.15) is 13.2 Å². The summed E-state index contributed by atoms with van der Waals surface area (Å²) in [5.74, 6) is 0.324. The molecular weight excluding hydrogens is 346 g/mol. The Morgan fingerprint density at radius 3 is 2.14 bits per heavy atom. The highest BCUT2D eigenvalue weighted by molar-refractivity contribution is 5.77. The molecule has 1 aromatic rings. The van der Waals surface area contributed by atoms with E-state index in [4.69, 9.17) is 4.74 Å². The number of ether oxygens (including phenoxy) is 1. The lowest BCUT2D eigenvalue weighted by molar-refractivity contribution is -0.890. The summed E-state index contributed by atoms with van der Waals surface area (Å²) < 4.78 is 6.51. The number of nitrogens with zero attached hydrogens (tertiary/aromatic N) is 1. The van der Waals surface area contributed by atoms with Crippen LogP contribution in [0.1, 0.15) is 83.3 Å². The molecular formula is C25H44NO2+. The van der Waals surface area contributed by atoms with Crippen LogP contribution in [0.4, 0.5) is 0 Å². The lowest BCUT2D eigenvalue weighted by atomic mass is 9.97. The molecule has 1 aromatic carbocycles. The molecule has 0 aliphatic heterocycles. The van der Waals surface area contributed by atoms with E-state index in [1.807, 2.05) is 6.92 Å². The third-order valence-corrected chi connectivity index (χ3v) is 5.54. The van der Waals surface area contributed by atoms with Gasteiger partial charge in [0, 0.05) is 0 Å². The zero-order valence-electron chi connectivity index (χ0n) is 19.3. The molecule has 0 N–H and O–H groups in total. The second-order valence-corrected chi connectivity index (χ2v) is 9.38. The Hall–Kier alpha value is -1.35. The van der Waals surface area contributed by atoms with Crippen LogP contribution >= 0.6 is 0 Å². The topological polar surface area (TPSA) is 26.3 Å². The van der Waals surface area contributed by atoms with Crippen LogP contribution in [0.25, 0.3) is 0 Å². The largest absolute Gasteiger partial charge is 0.459 e. The summed E-state index contributed by atoms with van der Waals surface area (Å²) in [6.45, 7) is 11.2. The molecule has 0 aromatic heterocycles. The first-order valence-corrected chi connectivity index (χ1v) is 11.3. The van der Waals surface area contributed by atoms with Gasteiger partial charge in [-0.2, -0.15) is 0 Å². The molecule has 0 saturated carbocycles. The average molecular weight is 391 g/mol. The van der Waals surface area contributed by atoms with Gasteiger partial charge in [-0.25, -0.2) is 0 Å². The van der Waals surface area contributed by atoms with E-state index in [9.17, 15) is 4.79 Å². The van der Waals surface area contributed by atoms with Gasteiger partial charge in [0.25, 0.3) is 0 Å². The molecule has 0 bridgehead atoms. The van der Waals surface area contributed by atoms with E-state index in [2.05, 4.69) is 59.1 Å². The second kappa shape index (κ2) is 13.0.